The Morgan fingerprint density at radius 1 is 1.21 bits per heavy atom. The van der Waals surface area contributed by atoms with E-state index in [0.717, 1.165) is 36.0 Å². The molecule has 28 heavy (non-hydrogen) atoms. The largest absolute Gasteiger partial charge is 0.438 e. The van der Waals surface area contributed by atoms with E-state index < -0.39 is 0 Å². The van der Waals surface area contributed by atoms with Crippen molar-refractivity contribution < 1.29 is 9.21 Å². The number of urea groups is 1. The van der Waals surface area contributed by atoms with Crippen molar-refractivity contribution >= 4 is 17.1 Å². The topological polar surface area (TPSA) is 58.4 Å². The van der Waals surface area contributed by atoms with Crippen LogP contribution < -0.4 is 5.32 Å². The first-order valence-electron chi connectivity index (χ1n) is 9.87. The number of carbonyl (C=O) groups excluding carboxylic acids is 1. The minimum absolute atomic E-state index is 0.0575. The fourth-order valence-electron chi connectivity index (χ4n) is 3.81. The molecule has 0 aliphatic carbocycles. The number of hydrogen-bond acceptors (Lipinski definition) is 3. The second kappa shape index (κ2) is 6.97. The lowest BCUT2D eigenvalue weighted by Crippen LogP contribution is -2.48. The normalized spacial score (nSPS) is 17.3. The van der Waals surface area contributed by atoms with Crippen LogP contribution >= 0.6 is 0 Å². The van der Waals surface area contributed by atoms with Gasteiger partial charge in [0.25, 0.3) is 0 Å². The van der Waals surface area contributed by atoms with Crippen LogP contribution in [-0.2, 0) is 0 Å². The molecule has 4 rings (SSSR count). The van der Waals surface area contributed by atoms with Crippen molar-refractivity contribution in [1.82, 2.24) is 15.2 Å². The third-order valence-corrected chi connectivity index (χ3v) is 5.14. The zero-order chi connectivity index (χ0) is 19.9. The zero-order valence-corrected chi connectivity index (χ0v) is 17.0. The van der Waals surface area contributed by atoms with Gasteiger partial charge in [0.1, 0.15) is 11.6 Å². The van der Waals surface area contributed by atoms with Crippen LogP contribution in [-0.4, -0.2) is 28.0 Å². The summed E-state index contributed by atoms with van der Waals surface area (Å²) in [4.78, 5) is 19.3. The molecule has 1 saturated heterocycles. The predicted octanol–water partition coefficient (Wildman–Crippen LogP) is 5.45. The number of benzene rings is 2. The summed E-state index contributed by atoms with van der Waals surface area (Å²) in [5, 5.41) is 3.05. The highest BCUT2D eigenvalue weighted by Crippen LogP contribution is 2.34. The highest BCUT2D eigenvalue weighted by Gasteiger charge is 2.34. The summed E-state index contributed by atoms with van der Waals surface area (Å²) in [6.45, 7) is 8.80. The number of amides is 2. The van der Waals surface area contributed by atoms with Crippen LogP contribution in [0.25, 0.3) is 22.2 Å². The molecule has 0 radical (unpaired) electrons. The quantitative estimate of drug-likeness (QED) is 0.646. The standard InChI is InChI=1S/C23H27N3O2/c1-15-8-5-6-9-17(15)16-11-12-20-18(14-16)24-21(28-20)19-10-7-13-26(19)22(27)25-23(2,3)4/h5-6,8-9,11-12,14,19H,7,10,13H2,1-4H3,(H,25,27)/t19-/m1/s1. The zero-order valence-electron chi connectivity index (χ0n) is 17.0. The second-order valence-electron chi connectivity index (χ2n) is 8.58. The van der Waals surface area contributed by atoms with E-state index in [9.17, 15) is 4.79 Å². The Bertz CT molecular complexity index is 1020. The summed E-state index contributed by atoms with van der Waals surface area (Å²) in [6.07, 6.45) is 1.82. The van der Waals surface area contributed by atoms with Crippen LogP contribution in [0.4, 0.5) is 4.79 Å². The number of rotatable bonds is 2. The van der Waals surface area contributed by atoms with Crippen molar-refractivity contribution in [2.45, 2.75) is 52.1 Å². The van der Waals surface area contributed by atoms with E-state index in [4.69, 9.17) is 9.40 Å². The number of aryl methyl sites for hydroxylation is 1. The molecule has 1 aromatic heterocycles. The summed E-state index contributed by atoms with van der Waals surface area (Å²) < 4.78 is 6.05. The van der Waals surface area contributed by atoms with Crippen molar-refractivity contribution in [3.63, 3.8) is 0 Å². The number of hydrogen-bond donors (Lipinski definition) is 1. The number of nitrogens with zero attached hydrogens (tertiary/aromatic N) is 2. The number of oxazole rings is 1. The summed E-state index contributed by atoms with van der Waals surface area (Å²) in [7, 11) is 0. The van der Waals surface area contributed by atoms with E-state index in [-0.39, 0.29) is 17.6 Å². The molecule has 5 nitrogen and oxygen atoms in total. The average molecular weight is 377 g/mol. The maximum atomic E-state index is 12.7. The summed E-state index contributed by atoms with van der Waals surface area (Å²) in [5.41, 5.74) is 4.87. The van der Waals surface area contributed by atoms with E-state index in [0.29, 0.717) is 5.89 Å². The molecule has 1 aliphatic rings. The van der Waals surface area contributed by atoms with Gasteiger partial charge >= 0.3 is 6.03 Å². The van der Waals surface area contributed by atoms with Gasteiger partial charge in [-0.3, -0.25) is 0 Å². The summed E-state index contributed by atoms with van der Waals surface area (Å²) in [6, 6.07) is 14.3. The van der Waals surface area contributed by atoms with Crippen LogP contribution in [0.2, 0.25) is 0 Å². The molecule has 0 saturated carbocycles. The highest BCUT2D eigenvalue weighted by atomic mass is 16.4. The fraction of sp³-hybridized carbons (Fsp3) is 0.391. The molecular weight excluding hydrogens is 350 g/mol. The van der Waals surface area contributed by atoms with Gasteiger partial charge in [-0.1, -0.05) is 30.3 Å². The molecule has 0 bridgehead atoms. The van der Waals surface area contributed by atoms with Gasteiger partial charge in [0, 0.05) is 12.1 Å². The summed E-state index contributed by atoms with van der Waals surface area (Å²) >= 11 is 0. The van der Waals surface area contributed by atoms with Crippen LogP contribution in [0.15, 0.2) is 46.9 Å². The van der Waals surface area contributed by atoms with Gasteiger partial charge in [0.2, 0.25) is 5.89 Å². The molecule has 1 fully saturated rings. The Hall–Kier alpha value is -2.82. The first-order chi connectivity index (χ1) is 13.3. The average Bonchev–Trinajstić information content (AvgIpc) is 3.26. The molecule has 3 aromatic rings. The Morgan fingerprint density at radius 2 is 2.00 bits per heavy atom. The molecule has 5 heteroatoms. The molecule has 2 aromatic carbocycles. The lowest BCUT2D eigenvalue weighted by Gasteiger charge is -2.28. The van der Waals surface area contributed by atoms with E-state index >= 15 is 0 Å². The van der Waals surface area contributed by atoms with E-state index in [1.54, 1.807) is 0 Å². The van der Waals surface area contributed by atoms with Crippen LogP contribution in [0.3, 0.4) is 0 Å². The van der Waals surface area contributed by atoms with Crippen LogP contribution in [0.1, 0.15) is 51.1 Å². The number of likely N-dealkylation sites (tertiary alicyclic amines) is 1. The van der Waals surface area contributed by atoms with Crippen molar-refractivity contribution in [3.8, 4) is 11.1 Å². The van der Waals surface area contributed by atoms with E-state index in [1.807, 2.05) is 43.9 Å². The van der Waals surface area contributed by atoms with Gasteiger partial charge in [-0.15, -0.1) is 0 Å². The lowest BCUT2D eigenvalue weighted by atomic mass is 10.0. The number of carbonyl (C=O) groups is 1. The Morgan fingerprint density at radius 3 is 2.75 bits per heavy atom. The SMILES string of the molecule is Cc1ccccc1-c1ccc2oc([C@H]3CCCN3C(=O)NC(C)(C)C)nc2c1. The third-order valence-electron chi connectivity index (χ3n) is 5.14. The fourth-order valence-corrected chi connectivity index (χ4v) is 3.81. The van der Waals surface area contributed by atoms with Gasteiger partial charge in [0.15, 0.2) is 5.58 Å². The lowest BCUT2D eigenvalue weighted by molar-refractivity contribution is 0.176. The maximum absolute atomic E-state index is 12.7. The minimum Gasteiger partial charge on any atom is -0.438 e. The number of aromatic nitrogens is 1. The van der Waals surface area contributed by atoms with Crippen LogP contribution in [0.5, 0.6) is 0 Å². The van der Waals surface area contributed by atoms with E-state index in [1.165, 1.54) is 11.1 Å². The van der Waals surface area contributed by atoms with Gasteiger partial charge < -0.3 is 14.6 Å². The Labute approximate surface area is 165 Å². The first-order valence-corrected chi connectivity index (χ1v) is 9.87. The smallest absolute Gasteiger partial charge is 0.318 e. The van der Waals surface area contributed by atoms with Crippen LogP contribution in [0, 0.1) is 6.92 Å². The highest BCUT2D eigenvalue weighted by molar-refractivity contribution is 5.81. The molecule has 1 aliphatic heterocycles. The molecule has 0 spiro atoms. The van der Waals surface area contributed by atoms with Crippen molar-refractivity contribution in [2.24, 2.45) is 0 Å². The van der Waals surface area contributed by atoms with E-state index in [2.05, 4.69) is 36.5 Å². The second-order valence-corrected chi connectivity index (χ2v) is 8.58. The number of fused-ring (bicyclic) bond motifs is 1. The molecule has 1 N–H and O–H groups in total. The molecular formula is C23H27N3O2. The van der Waals surface area contributed by atoms with Gasteiger partial charge in [-0.05, 0) is 69.4 Å². The Kier molecular flexibility index (Phi) is 4.61. The Balaban J connectivity index is 1.64. The van der Waals surface area contributed by atoms with Gasteiger partial charge in [0.05, 0.1) is 0 Å². The molecule has 1 atom stereocenters. The van der Waals surface area contributed by atoms with Crippen molar-refractivity contribution in [1.29, 1.82) is 0 Å². The molecule has 2 amide bonds. The maximum Gasteiger partial charge on any atom is 0.318 e. The molecule has 2 heterocycles. The first kappa shape index (κ1) is 18.5. The third kappa shape index (κ3) is 3.61. The predicted molar refractivity (Wildman–Crippen MR) is 111 cm³/mol. The minimum atomic E-state index is -0.270. The molecule has 0 unspecified atom stereocenters. The number of nitrogens with one attached hydrogen (secondary N) is 1. The molecule has 146 valence electrons. The van der Waals surface area contributed by atoms with Gasteiger partial charge in [-0.2, -0.15) is 0 Å². The van der Waals surface area contributed by atoms with Crippen molar-refractivity contribution in [3.05, 3.63) is 53.9 Å². The summed E-state index contributed by atoms with van der Waals surface area (Å²) in [5.74, 6) is 0.624. The van der Waals surface area contributed by atoms with Gasteiger partial charge in [-0.25, -0.2) is 9.78 Å². The monoisotopic (exact) mass is 377 g/mol. The van der Waals surface area contributed by atoms with Crippen molar-refractivity contribution in [2.75, 3.05) is 6.54 Å².